The fraction of sp³-hybridized carbons (Fsp3) is 0.267. The van der Waals surface area contributed by atoms with Crippen molar-refractivity contribution >= 4 is 17.4 Å². The Balaban J connectivity index is 2.10. The van der Waals surface area contributed by atoms with Gasteiger partial charge < -0.3 is 10.2 Å². The van der Waals surface area contributed by atoms with Gasteiger partial charge in [-0.3, -0.25) is 4.79 Å². The monoisotopic (exact) mass is 270 g/mol. The number of amides is 1. The van der Waals surface area contributed by atoms with Crippen LogP contribution in [0.1, 0.15) is 23.8 Å². The van der Waals surface area contributed by atoms with Gasteiger partial charge in [0.1, 0.15) is 5.69 Å². The van der Waals surface area contributed by atoms with E-state index in [1.54, 1.807) is 6.20 Å². The lowest BCUT2D eigenvalue weighted by atomic mass is 10.3. The summed E-state index contributed by atoms with van der Waals surface area (Å²) in [5.74, 6) is 0.511. The van der Waals surface area contributed by atoms with Gasteiger partial charge in [-0.25, -0.2) is 9.97 Å². The molecule has 0 unspecified atom stereocenters. The Bertz CT molecular complexity index is 554. The molecule has 0 radical (unpaired) electrons. The van der Waals surface area contributed by atoms with E-state index in [2.05, 4.69) is 15.3 Å². The second kappa shape index (κ2) is 6.65. The highest BCUT2D eigenvalue weighted by atomic mass is 16.1. The van der Waals surface area contributed by atoms with Gasteiger partial charge in [0.25, 0.3) is 5.91 Å². The van der Waals surface area contributed by atoms with Crippen molar-refractivity contribution in [1.82, 2.24) is 15.3 Å². The standard InChI is InChI=1S/C15H18N4O/c1-3-9-16-15(20)13-10-18-14(11-17-13)19(2)12-7-5-4-6-8-12/h4-8,10-11H,3,9H2,1-2H3,(H,16,20). The number of nitrogens with one attached hydrogen (secondary N) is 1. The summed E-state index contributed by atoms with van der Waals surface area (Å²) >= 11 is 0. The summed E-state index contributed by atoms with van der Waals surface area (Å²) in [6.07, 6.45) is 4.00. The van der Waals surface area contributed by atoms with E-state index < -0.39 is 0 Å². The number of aromatic nitrogens is 2. The van der Waals surface area contributed by atoms with Crippen LogP contribution in [0.4, 0.5) is 11.5 Å². The molecule has 5 nitrogen and oxygen atoms in total. The number of hydrogen-bond acceptors (Lipinski definition) is 4. The predicted molar refractivity (Wildman–Crippen MR) is 79.2 cm³/mol. The number of benzene rings is 1. The van der Waals surface area contributed by atoms with E-state index in [9.17, 15) is 4.79 Å². The molecule has 1 aromatic heterocycles. The fourth-order valence-corrected chi connectivity index (χ4v) is 1.72. The summed E-state index contributed by atoms with van der Waals surface area (Å²) in [7, 11) is 1.91. The van der Waals surface area contributed by atoms with Crippen molar-refractivity contribution in [2.75, 3.05) is 18.5 Å². The highest BCUT2D eigenvalue weighted by Crippen LogP contribution is 2.19. The van der Waals surface area contributed by atoms with Crippen LogP contribution in [0, 0.1) is 0 Å². The third kappa shape index (κ3) is 3.32. The molecule has 2 aromatic rings. The summed E-state index contributed by atoms with van der Waals surface area (Å²) in [4.78, 5) is 22.1. The van der Waals surface area contributed by atoms with Crippen molar-refractivity contribution in [2.24, 2.45) is 0 Å². The van der Waals surface area contributed by atoms with Crippen molar-refractivity contribution in [2.45, 2.75) is 13.3 Å². The SMILES string of the molecule is CCCNC(=O)c1cnc(N(C)c2ccccc2)cn1. The lowest BCUT2D eigenvalue weighted by Crippen LogP contribution is -2.25. The molecule has 0 spiro atoms. The second-order valence-electron chi connectivity index (χ2n) is 4.41. The molecule has 0 fully saturated rings. The van der Waals surface area contributed by atoms with Gasteiger partial charge >= 0.3 is 0 Å². The number of nitrogens with zero attached hydrogens (tertiary/aromatic N) is 3. The van der Waals surface area contributed by atoms with Crippen LogP contribution in [0.15, 0.2) is 42.7 Å². The smallest absolute Gasteiger partial charge is 0.271 e. The molecule has 0 aliphatic rings. The van der Waals surface area contributed by atoms with E-state index in [0.717, 1.165) is 12.1 Å². The average Bonchev–Trinajstić information content (AvgIpc) is 2.53. The Kier molecular flexibility index (Phi) is 4.65. The summed E-state index contributed by atoms with van der Waals surface area (Å²) in [5.41, 5.74) is 1.36. The molecule has 0 saturated carbocycles. The summed E-state index contributed by atoms with van der Waals surface area (Å²) < 4.78 is 0. The van der Waals surface area contributed by atoms with E-state index >= 15 is 0 Å². The molecule has 1 amide bonds. The molecular formula is C15H18N4O. The van der Waals surface area contributed by atoms with E-state index in [1.165, 1.54) is 6.20 Å². The Morgan fingerprint density at radius 1 is 1.20 bits per heavy atom. The summed E-state index contributed by atoms with van der Waals surface area (Å²) in [5, 5.41) is 2.77. The van der Waals surface area contributed by atoms with Crippen molar-refractivity contribution in [3.8, 4) is 0 Å². The molecule has 1 N–H and O–H groups in total. The maximum Gasteiger partial charge on any atom is 0.271 e. The van der Waals surface area contributed by atoms with Gasteiger partial charge in [-0.15, -0.1) is 0 Å². The van der Waals surface area contributed by atoms with Crippen molar-refractivity contribution < 1.29 is 4.79 Å². The zero-order valence-electron chi connectivity index (χ0n) is 11.7. The quantitative estimate of drug-likeness (QED) is 0.906. The van der Waals surface area contributed by atoms with Gasteiger partial charge in [-0.05, 0) is 18.6 Å². The molecule has 104 valence electrons. The zero-order valence-corrected chi connectivity index (χ0v) is 11.7. The number of rotatable bonds is 5. The Morgan fingerprint density at radius 3 is 2.55 bits per heavy atom. The third-order valence-corrected chi connectivity index (χ3v) is 2.89. The first-order valence-electron chi connectivity index (χ1n) is 6.61. The number of para-hydroxylation sites is 1. The fourth-order valence-electron chi connectivity index (χ4n) is 1.72. The van der Waals surface area contributed by atoms with Gasteiger partial charge in [-0.1, -0.05) is 25.1 Å². The molecular weight excluding hydrogens is 252 g/mol. The topological polar surface area (TPSA) is 58.1 Å². The number of hydrogen-bond donors (Lipinski definition) is 1. The van der Waals surface area contributed by atoms with Crippen LogP contribution in [-0.2, 0) is 0 Å². The Labute approximate surface area is 118 Å². The van der Waals surface area contributed by atoms with Crippen LogP contribution >= 0.6 is 0 Å². The molecule has 1 aromatic carbocycles. The maximum absolute atomic E-state index is 11.7. The van der Waals surface area contributed by atoms with Crippen molar-refractivity contribution in [3.63, 3.8) is 0 Å². The predicted octanol–water partition coefficient (Wildman–Crippen LogP) is 2.38. The van der Waals surface area contributed by atoms with Crippen LogP contribution in [0.2, 0.25) is 0 Å². The number of carbonyl (C=O) groups excluding carboxylic acids is 1. The van der Waals surface area contributed by atoms with E-state index in [4.69, 9.17) is 0 Å². The van der Waals surface area contributed by atoms with Gasteiger partial charge in [0.05, 0.1) is 12.4 Å². The van der Waals surface area contributed by atoms with Crippen LogP contribution in [0.3, 0.4) is 0 Å². The minimum atomic E-state index is -0.187. The van der Waals surface area contributed by atoms with Crippen LogP contribution < -0.4 is 10.2 Å². The van der Waals surface area contributed by atoms with Crippen molar-refractivity contribution in [3.05, 3.63) is 48.4 Å². The number of carbonyl (C=O) groups is 1. The van der Waals surface area contributed by atoms with E-state index in [1.807, 2.05) is 49.2 Å². The molecule has 5 heteroatoms. The van der Waals surface area contributed by atoms with Crippen molar-refractivity contribution in [1.29, 1.82) is 0 Å². The Morgan fingerprint density at radius 2 is 1.95 bits per heavy atom. The Hall–Kier alpha value is -2.43. The van der Waals surface area contributed by atoms with Gasteiger partial charge in [0.2, 0.25) is 0 Å². The number of anilines is 2. The molecule has 20 heavy (non-hydrogen) atoms. The van der Waals surface area contributed by atoms with Gasteiger partial charge in [0, 0.05) is 19.3 Å². The lowest BCUT2D eigenvalue weighted by Gasteiger charge is -2.17. The summed E-state index contributed by atoms with van der Waals surface area (Å²) in [6.45, 7) is 2.65. The highest BCUT2D eigenvalue weighted by molar-refractivity contribution is 5.92. The highest BCUT2D eigenvalue weighted by Gasteiger charge is 2.09. The average molecular weight is 270 g/mol. The minimum Gasteiger partial charge on any atom is -0.351 e. The molecule has 0 bridgehead atoms. The normalized spacial score (nSPS) is 10.1. The zero-order chi connectivity index (χ0) is 14.4. The molecule has 1 heterocycles. The van der Waals surface area contributed by atoms with E-state index in [0.29, 0.717) is 18.1 Å². The third-order valence-electron chi connectivity index (χ3n) is 2.89. The second-order valence-corrected chi connectivity index (χ2v) is 4.41. The summed E-state index contributed by atoms with van der Waals surface area (Å²) in [6, 6.07) is 9.87. The first-order valence-corrected chi connectivity index (χ1v) is 6.61. The van der Waals surface area contributed by atoms with Gasteiger partial charge in [-0.2, -0.15) is 0 Å². The lowest BCUT2D eigenvalue weighted by molar-refractivity contribution is 0.0948. The minimum absolute atomic E-state index is 0.187. The van der Waals surface area contributed by atoms with Crippen LogP contribution in [0.25, 0.3) is 0 Å². The molecule has 2 rings (SSSR count). The first kappa shape index (κ1) is 14.0. The van der Waals surface area contributed by atoms with Gasteiger partial charge in [0.15, 0.2) is 5.82 Å². The van der Waals surface area contributed by atoms with Crippen LogP contribution in [0.5, 0.6) is 0 Å². The molecule has 0 aliphatic carbocycles. The van der Waals surface area contributed by atoms with E-state index in [-0.39, 0.29) is 5.91 Å². The molecule has 0 saturated heterocycles. The maximum atomic E-state index is 11.7. The molecule has 0 aliphatic heterocycles. The first-order chi connectivity index (χ1) is 9.72. The molecule has 0 atom stereocenters. The van der Waals surface area contributed by atoms with Crippen LogP contribution in [-0.4, -0.2) is 29.5 Å². The largest absolute Gasteiger partial charge is 0.351 e.